The molecule has 1 aromatic rings. The van der Waals surface area contributed by atoms with E-state index in [-0.39, 0.29) is 10.0 Å². The van der Waals surface area contributed by atoms with Crippen LogP contribution in [0.1, 0.15) is 10.4 Å². The molecule has 100 valence electrons. The molecule has 1 rings (SSSR count). The number of amides is 1. The molecule has 8 heteroatoms. The van der Waals surface area contributed by atoms with Gasteiger partial charge in [0, 0.05) is 0 Å². The highest BCUT2D eigenvalue weighted by molar-refractivity contribution is 9.10. The maximum Gasteiger partial charge on any atom is 0.416 e. The fourth-order valence-electron chi connectivity index (χ4n) is 1.08. The fraction of sp³-hybridized carbons (Fsp3) is 0.300. The fourth-order valence-corrected chi connectivity index (χ4v) is 1.52. The SMILES string of the molecule is O=C(NCC(O)C(F)(F)F)c1cccc(F)c1Br. The summed E-state index contributed by atoms with van der Waals surface area (Å²) in [6.07, 6.45) is -7.47. The monoisotopic (exact) mass is 329 g/mol. The summed E-state index contributed by atoms with van der Waals surface area (Å²) in [7, 11) is 0. The first kappa shape index (κ1) is 14.9. The zero-order valence-corrected chi connectivity index (χ0v) is 10.3. The lowest BCUT2D eigenvalue weighted by molar-refractivity contribution is -0.201. The number of halogens is 5. The smallest absolute Gasteiger partial charge is 0.382 e. The summed E-state index contributed by atoms with van der Waals surface area (Å²) >= 11 is 2.81. The van der Waals surface area contributed by atoms with Crippen LogP contribution in [-0.4, -0.2) is 29.8 Å². The molecule has 1 atom stereocenters. The Morgan fingerprint density at radius 2 is 2.06 bits per heavy atom. The predicted octanol–water partition coefficient (Wildman–Crippen LogP) is 2.24. The third kappa shape index (κ3) is 3.67. The number of carbonyl (C=O) groups excluding carboxylic acids is 1. The molecule has 0 fully saturated rings. The van der Waals surface area contributed by atoms with Gasteiger partial charge < -0.3 is 10.4 Å². The van der Waals surface area contributed by atoms with Crippen molar-refractivity contribution in [3.8, 4) is 0 Å². The third-order valence-corrected chi connectivity index (χ3v) is 2.84. The van der Waals surface area contributed by atoms with Crippen molar-refractivity contribution in [2.24, 2.45) is 0 Å². The maximum absolute atomic E-state index is 13.1. The lowest BCUT2D eigenvalue weighted by Crippen LogP contribution is -2.40. The second-order valence-electron chi connectivity index (χ2n) is 3.37. The van der Waals surface area contributed by atoms with Crippen LogP contribution in [0.2, 0.25) is 0 Å². The Labute approximate surface area is 108 Å². The molecule has 0 heterocycles. The van der Waals surface area contributed by atoms with Crippen LogP contribution < -0.4 is 5.32 Å². The highest BCUT2D eigenvalue weighted by Crippen LogP contribution is 2.21. The van der Waals surface area contributed by atoms with Crippen molar-refractivity contribution >= 4 is 21.8 Å². The Bertz CT molecular complexity index is 450. The van der Waals surface area contributed by atoms with Crippen molar-refractivity contribution in [3.63, 3.8) is 0 Å². The van der Waals surface area contributed by atoms with E-state index in [1.165, 1.54) is 12.1 Å². The number of benzene rings is 1. The molecule has 1 unspecified atom stereocenters. The number of alkyl halides is 3. The van der Waals surface area contributed by atoms with Crippen LogP contribution >= 0.6 is 15.9 Å². The van der Waals surface area contributed by atoms with Gasteiger partial charge in [0.05, 0.1) is 16.6 Å². The molecule has 0 aliphatic carbocycles. The van der Waals surface area contributed by atoms with Gasteiger partial charge in [-0.3, -0.25) is 4.79 Å². The van der Waals surface area contributed by atoms with Crippen LogP contribution in [0.15, 0.2) is 22.7 Å². The number of hydrogen-bond donors (Lipinski definition) is 2. The average molecular weight is 330 g/mol. The number of nitrogens with one attached hydrogen (secondary N) is 1. The van der Waals surface area contributed by atoms with Gasteiger partial charge in [-0.05, 0) is 28.1 Å². The summed E-state index contributed by atoms with van der Waals surface area (Å²) in [5.74, 6) is -1.62. The minimum Gasteiger partial charge on any atom is -0.382 e. The summed E-state index contributed by atoms with van der Waals surface area (Å²) in [6, 6.07) is 3.57. The number of hydrogen-bond acceptors (Lipinski definition) is 2. The van der Waals surface area contributed by atoms with Crippen LogP contribution in [0, 0.1) is 5.82 Å². The number of aliphatic hydroxyl groups is 1. The first-order valence-electron chi connectivity index (χ1n) is 4.70. The van der Waals surface area contributed by atoms with Gasteiger partial charge in [-0.25, -0.2) is 4.39 Å². The number of aliphatic hydroxyl groups excluding tert-OH is 1. The van der Waals surface area contributed by atoms with Crippen LogP contribution in [0.3, 0.4) is 0 Å². The van der Waals surface area contributed by atoms with Gasteiger partial charge in [0.1, 0.15) is 5.82 Å². The third-order valence-electron chi connectivity index (χ3n) is 2.03. The molecule has 1 amide bonds. The largest absolute Gasteiger partial charge is 0.416 e. The van der Waals surface area contributed by atoms with E-state index in [9.17, 15) is 22.4 Å². The molecule has 3 nitrogen and oxygen atoms in total. The molecule has 0 aromatic heterocycles. The second kappa shape index (κ2) is 5.66. The molecule has 0 radical (unpaired) electrons. The van der Waals surface area contributed by atoms with Gasteiger partial charge in [0.2, 0.25) is 0 Å². The summed E-state index contributed by atoms with van der Waals surface area (Å²) in [4.78, 5) is 11.5. The lowest BCUT2D eigenvalue weighted by Gasteiger charge is -2.15. The summed E-state index contributed by atoms with van der Waals surface area (Å²) in [5, 5.41) is 10.5. The van der Waals surface area contributed by atoms with E-state index >= 15 is 0 Å². The molecular formula is C10H8BrF4NO2. The van der Waals surface area contributed by atoms with E-state index < -0.39 is 30.5 Å². The topological polar surface area (TPSA) is 49.3 Å². The van der Waals surface area contributed by atoms with Gasteiger partial charge in [-0.2, -0.15) is 13.2 Å². The molecule has 0 bridgehead atoms. The van der Waals surface area contributed by atoms with Gasteiger partial charge in [-0.1, -0.05) is 6.07 Å². The molecule has 0 spiro atoms. The van der Waals surface area contributed by atoms with E-state index in [4.69, 9.17) is 5.11 Å². The van der Waals surface area contributed by atoms with Crippen molar-refractivity contribution in [3.05, 3.63) is 34.1 Å². The van der Waals surface area contributed by atoms with Crippen LogP contribution in [0.5, 0.6) is 0 Å². The normalized spacial score (nSPS) is 13.2. The zero-order valence-electron chi connectivity index (χ0n) is 8.76. The molecule has 0 saturated carbocycles. The molecular weight excluding hydrogens is 322 g/mol. The van der Waals surface area contributed by atoms with Gasteiger partial charge >= 0.3 is 6.18 Å². The van der Waals surface area contributed by atoms with Gasteiger partial charge in [-0.15, -0.1) is 0 Å². The van der Waals surface area contributed by atoms with Crippen molar-refractivity contribution < 1.29 is 27.5 Å². The summed E-state index contributed by atoms with van der Waals surface area (Å²) < 4.78 is 48.8. The second-order valence-corrected chi connectivity index (χ2v) is 4.16. The first-order valence-corrected chi connectivity index (χ1v) is 5.49. The molecule has 0 aliphatic rings. The minimum absolute atomic E-state index is 0.149. The Hall–Kier alpha value is -1.15. The van der Waals surface area contributed by atoms with Crippen molar-refractivity contribution in [1.29, 1.82) is 0 Å². The highest BCUT2D eigenvalue weighted by atomic mass is 79.9. The Morgan fingerprint density at radius 1 is 1.44 bits per heavy atom. The van der Waals surface area contributed by atoms with Crippen LogP contribution in [0.4, 0.5) is 17.6 Å². The average Bonchev–Trinajstić information content (AvgIpc) is 2.27. The highest BCUT2D eigenvalue weighted by Gasteiger charge is 2.38. The molecule has 0 saturated heterocycles. The summed E-state index contributed by atoms with van der Waals surface area (Å²) in [6.45, 7) is -0.995. The van der Waals surface area contributed by atoms with Crippen LogP contribution in [-0.2, 0) is 0 Å². The van der Waals surface area contributed by atoms with Crippen molar-refractivity contribution in [2.45, 2.75) is 12.3 Å². The van der Waals surface area contributed by atoms with E-state index in [2.05, 4.69) is 15.9 Å². The van der Waals surface area contributed by atoms with E-state index in [0.29, 0.717) is 0 Å². The maximum atomic E-state index is 13.1. The van der Waals surface area contributed by atoms with Gasteiger partial charge in [0.15, 0.2) is 6.10 Å². The molecule has 0 aliphatic heterocycles. The molecule has 18 heavy (non-hydrogen) atoms. The minimum atomic E-state index is -4.81. The zero-order chi connectivity index (χ0) is 13.9. The van der Waals surface area contributed by atoms with Gasteiger partial charge in [0.25, 0.3) is 5.91 Å². The Kier molecular flexibility index (Phi) is 4.69. The van der Waals surface area contributed by atoms with Crippen molar-refractivity contribution in [2.75, 3.05) is 6.54 Å². The molecule has 1 aromatic carbocycles. The lowest BCUT2D eigenvalue weighted by atomic mass is 10.2. The van der Waals surface area contributed by atoms with E-state index in [0.717, 1.165) is 6.07 Å². The Morgan fingerprint density at radius 3 is 2.61 bits per heavy atom. The van der Waals surface area contributed by atoms with Crippen molar-refractivity contribution in [1.82, 2.24) is 5.32 Å². The predicted molar refractivity (Wildman–Crippen MR) is 58.5 cm³/mol. The quantitative estimate of drug-likeness (QED) is 0.835. The summed E-state index contributed by atoms with van der Waals surface area (Å²) in [5.41, 5.74) is -0.149. The number of rotatable bonds is 3. The number of carbonyl (C=O) groups is 1. The molecule has 2 N–H and O–H groups in total. The van der Waals surface area contributed by atoms with E-state index in [1.807, 2.05) is 5.32 Å². The first-order chi connectivity index (χ1) is 8.23. The standard InChI is InChI=1S/C10H8BrF4NO2/c11-8-5(2-1-3-6(8)12)9(18)16-4-7(17)10(13,14)15/h1-3,7,17H,4H2,(H,16,18). The Balaban J connectivity index is 2.70. The van der Waals surface area contributed by atoms with Crippen LogP contribution in [0.25, 0.3) is 0 Å². The van der Waals surface area contributed by atoms with E-state index in [1.54, 1.807) is 0 Å².